The number of hydrogen-bond donors (Lipinski definition) is 0. The minimum absolute atomic E-state index is 0.359. The van der Waals surface area contributed by atoms with Gasteiger partial charge in [0.15, 0.2) is 5.69 Å². The van der Waals surface area contributed by atoms with E-state index in [-0.39, 0.29) is 0 Å². The van der Waals surface area contributed by atoms with Crippen molar-refractivity contribution in [3.63, 3.8) is 0 Å². The van der Waals surface area contributed by atoms with Crippen LogP contribution in [0.15, 0.2) is 12.4 Å². The number of likely N-dealkylation sites (N-methyl/N-ethyl adjacent to an activating group) is 1. The topological polar surface area (TPSA) is 56.0 Å². The van der Waals surface area contributed by atoms with Crippen LogP contribution >= 0.6 is 0 Å². The number of rotatable bonds is 6. The maximum Gasteiger partial charge on any atom is 0.158 e. The van der Waals surface area contributed by atoms with Crippen LogP contribution in [0.3, 0.4) is 0 Å². The van der Waals surface area contributed by atoms with Gasteiger partial charge < -0.3 is 9.80 Å². The first kappa shape index (κ1) is 13.4. The van der Waals surface area contributed by atoms with E-state index in [2.05, 4.69) is 40.8 Å². The van der Waals surface area contributed by atoms with Crippen molar-refractivity contribution in [2.45, 2.75) is 13.3 Å². The van der Waals surface area contributed by atoms with E-state index in [4.69, 9.17) is 5.26 Å². The van der Waals surface area contributed by atoms with Crippen LogP contribution in [0, 0.1) is 11.3 Å². The maximum atomic E-state index is 8.67. The minimum atomic E-state index is 0.359. The normalized spacial score (nSPS) is 10.3. The predicted octanol–water partition coefficient (Wildman–Crippen LogP) is 1.13. The van der Waals surface area contributed by atoms with E-state index < -0.39 is 0 Å². The fraction of sp³-hybridized carbons (Fsp3) is 0.583. The second kappa shape index (κ2) is 6.81. The van der Waals surface area contributed by atoms with Crippen molar-refractivity contribution in [1.82, 2.24) is 14.9 Å². The van der Waals surface area contributed by atoms with Gasteiger partial charge >= 0.3 is 0 Å². The zero-order valence-electron chi connectivity index (χ0n) is 10.7. The summed E-state index contributed by atoms with van der Waals surface area (Å²) < 4.78 is 0. The van der Waals surface area contributed by atoms with Crippen molar-refractivity contribution in [3.05, 3.63) is 18.1 Å². The molecule has 0 aliphatic rings. The van der Waals surface area contributed by atoms with Gasteiger partial charge in [0.2, 0.25) is 0 Å². The number of hydrogen-bond acceptors (Lipinski definition) is 5. The molecule has 1 rings (SSSR count). The van der Waals surface area contributed by atoms with Crippen molar-refractivity contribution in [1.29, 1.82) is 5.26 Å². The van der Waals surface area contributed by atoms with Crippen molar-refractivity contribution in [3.8, 4) is 6.07 Å². The van der Waals surface area contributed by atoms with Crippen molar-refractivity contribution in [2.24, 2.45) is 0 Å². The summed E-state index contributed by atoms with van der Waals surface area (Å²) in [6, 6.07) is 1.97. The van der Waals surface area contributed by atoms with Crippen molar-refractivity contribution < 1.29 is 0 Å². The van der Waals surface area contributed by atoms with Crippen molar-refractivity contribution in [2.75, 3.05) is 38.6 Å². The summed E-state index contributed by atoms with van der Waals surface area (Å²) in [6.07, 6.45) is 4.26. The Labute approximate surface area is 103 Å². The number of nitrogens with zero attached hydrogens (tertiary/aromatic N) is 5. The standard InChI is InChI=1S/C12H19N5/c1-4-5-17(7-6-16(2)3)12-10-14-11(8-13)9-15-12/h9-10H,4-7H2,1-3H3. The van der Waals surface area contributed by atoms with Crippen LogP contribution in [0.1, 0.15) is 19.0 Å². The summed E-state index contributed by atoms with van der Waals surface area (Å²) in [5.74, 6) is 0.840. The predicted molar refractivity (Wildman–Crippen MR) is 67.8 cm³/mol. The monoisotopic (exact) mass is 233 g/mol. The van der Waals surface area contributed by atoms with E-state index in [1.54, 1.807) is 6.20 Å². The second-order valence-corrected chi connectivity index (χ2v) is 4.16. The van der Waals surface area contributed by atoms with Crippen LogP contribution in [0.2, 0.25) is 0 Å². The molecule has 1 heterocycles. The van der Waals surface area contributed by atoms with Gasteiger partial charge in [-0.25, -0.2) is 9.97 Å². The summed E-state index contributed by atoms with van der Waals surface area (Å²) in [5, 5.41) is 8.67. The van der Waals surface area contributed by atoms with Gasteiger partial charge in [-0.15, -0.1) is 0 Å². The Balaban J connectivity index is 2.71. The average Bonchev–Trinajstić information content (AvgIpc) is 2.34. The Kier molecular flexibility index (Phi) is 5.37. The van der Waals surface area contributed by atoms with Gasteiger partial charge in [0.1, 0.15) is 11.9 Å². The summed E-state index contributed by atoms with van der Waals surface area (Å²) in [4.78, 5) is 12.6. The van der Waals surface area contributed by atoms with E-state index in [1.165, 1.54) is 6.20 Å². The number of anilines is 1. The highest BCUT2D eigenvalue weighted by molar-refractivity contribution is 5.37. The van der Waals surface area contributed by atoms with E-state index >= 15 is 0 Å². The van der Waals surface area contributed by atoms with Gasteiger partial charge in [-0.1, -0.05) is 6.92 Å². The molecule has 1 aromatic rings. The van der Waals surface area contributed by atoms with Gasteiger partial charge in [0.25, 0.3) is 0 Å². The lowest BCUT2D eigenvalue weighted by molar-refractivity contribution is 0.412. The second-order valence-electron chi connectivity index (χ2n) is 4.16. The quantitative estimate of drug-likeness (QED) is 0.737. The zero-order chi connectivity index (χ0) is 12.7. The molecule has 5 nitrogen and oxygen atoms in total. The Morgan fingerprint density at radius 1 is 1.18 bits per heavy atom. The first-order valence-corrected chi connectivity index (χ1v) is 5.79. The number of aromatic nitrogens is 2. The Hall–Kier alpha value is -1.67. The molecular formula is C12H19N5. The molecule has 0 N–H and O–H groups in total. The van der Waals surface area contributed by atoms with E-state index in [1.807, 2.05) is 6.07 Å². The molecule has 1 aromatic heterocycles. The molecular weight excluding hydrogens is 214 g/mol. The Morgan fingerprint density at radius 3 is 2.41 bits per heavy atom. The summed E-state index contributed by atoms with van der Waals surface area (Å²) in [6.45, 7) is 4.98. The molecule has 5 heteroatoms. The fourth-order valence-electron chi connectivity index (χ4n) is 1.47. The smallest absolute Gasteiger partial charge is 0.158 e. The molecule has 0 spiro atoms. The molecule has 0 aliphatic heterocycles. The van der Waals surface area contributed by atoms with Crippen LogP contribution in [0.5, 0.6) is 0 Å². The third-order valence-corrected chi connectivity index (χ3v) is 2.39. The SMILES string of the molecule is CCCN(CCN(C)C)c1cnc(C#N)cn1. The highest BCUT2D eigenvalue weighted by atomic mass is 15.2. The molecule has 0 saturated carbocycles. The first-order chi connectivity index (χ1) is 8.17. The minimum Gasteiger partial charge on any atom is -0.354 e. The van der Waals surface area contributed by atoms with Crippen LogP contribution < -0.4 is 4.90 Å². The van der Waals surface area contributed by atoms with Gasteiger partial charge in [0, 0.05) is 19.6 Å². The molecule has 0 aromatic carbocycles. The third kappa shape index (κ3) is 4.37. The summed E-state index contributed by atoms with van der Waals surface area (Å²) >= 11 is 0. The molecule has 0 bridgehead atoms. The lowest BCUT2D eigenvalue weighted by Crippen LogP contribution is -2.33. The van der Waals surface area contributed by atoms with Gasteiger partial charge in [-0.3, -0.25) is 0 Å². The lowest BCUT2D eigenvalue weighted by atomic mass is 10.3. The lowest BCUT2D eigenvalue weighted by Gasteiger charge is -2.24. The molecule has 0 aliphatic carbocycles. The van der Waals surface area contributed by atoms with E-state index in [9.17, 15) is 0 Å². The maximum absolute atomic E-state index is 8.67. The van der Waals surface area contributed by atoms with E-state index in [0.717, 1.165) is 31.9 Å². The molecule has 17 heavy (non-hydrogen) atoms. The summed E-state index contributed by atoms with van der Waals surface area (Å²) in [7, 11) is 4.10. The van der Waals surface area contributed by atoms with Gasteiger partial charge in [0.05, 0.1) is 12.4 Å². The fourth-order valence-corrected chi connectivity index (χ4v) is 1.47. The highest BCUT2D eigenvalue weighted by Crippen LogP contribution is 2.09. The summed E-state index contributed by atoms with van der Waals surface area (Å²) in [5.41, 5.74) is 0.359. The molecule has 0 saturated heterocycles. The van der Waals surface area contributed by atoms with Crippen LogP contribution in [-0.4, -0.2) is 48.6 Å². The van der Waals surface area contributed by atoms with E-state index in [0.29, 0.717) is 5.69 Å². The van der Waals surface area contributed by atoms with Crippen LogP contribution in [-0.2, 0) is 0 Å². The molecule has 0 amide bonds. The Bertz CT molecular complexity index is 365. The molecule has 0 unspecified atom stereocenters. The van der Waals surface area contributed by atoms with Gasteiger partial charge in [-0.05, 0) is 20.5 Å². The molecule has 0 atom stereocenters. The zero-order valence-corrected chi connectivity index (χ0v) is 10.7. The largest absolute Gasteiger partial charge is 0.354 e. The molecule has 0 fully saturated rings. The van der Waals surface area contributed by atoms with Crippen molar-refractivity contribution >= 4 is 5.82 Å². The average molecular weight is 233 g/mol. The van der Waals surface area contributed by atoms with Crippen LogP contribution in [0.4, 0.5) is 5.82 Å². The van der Waals surface area contributed by atoms with Gasteiger partial charge in [-0.2, -0.15) is 5.26 Å². The van der Waals surface area contributed by atoms with Crippen LogP contribution in [0.25, 0.3) is 0 Å². The highest BCUT2D eigenvalue weighted by Gasteiger charge is 2.07. The Morgan fingerprint density at radius 2 is 1.94 bits per heavy atom. The first-order valence-electron chi connectivity index (χ1n) is 5.79. The molecule has 92 valence electrons. The molecule has 0 radical (unpaired) electrons. The number of nitriles is 1. The third-order valence-electron chi connectivity index (χ3n) is 2.39.